The van der Waals surface area contributed by atoms with Crippen molar-refractivity contribution in [2.24, 2.45) is 0 Å². The Balaban J connectivity index is 1.03. The largest absolute Gasteiger partial charge is 0.494 e. The molecule has 0 unspecified atom stereocenters. The highest BCUT2D eigenvalue weighted by Crippen LogP contribution is 2.31. The summed E-state index contributed by atoms with van der Waals surface area (Å²) in [5.74, 6) is -0.563. The van der Waals surface area contributed by atoms with Crippen LogP contribution in [-0.2, 0) is 9.59 Å². The Hall–Kier alpha value is -6.65. The van der Waals surface area contributed by atoms with Crippen LogP contribution in [0.5, 0.6) is 34.5 Å². The van der Waals surface area contributed by atoms with Crippen LogP contribution in [0, 0.1) is 0 Å². The Morgan fingerprint density at radius 1 is 0.431 bits per heavy atom. The van der Waals surface area contributed by atoms with Crippen LogP contribution in [0.3, 0.4) is 0 Å². The molecule has 0 radical (unpaired) electrons. The van der Waals surface area contributed by atoms with Crippen molar-refractivity contribution in [1.29, 1.82) is 0 Å². The number of rotatable bonds is 26. The molecule has 10 nitrogen and oxygen atoms in total. The first-order chi connectivity index (χ1) is 31.7. The van der Waals surface area contributed by atoms with E-state index in [1.807, 2.05) is 48.5 Å². The summed E-state index contributed by atoms with van der Waals surface area (Å²) in [6, 6.07) is 30.8. The van der Waals surface area contributed by atoms with Crippen molar-refractivity contribution in [2.45, 2.75) is 90.9 Å². The molecule has 0 aliphatic heterocycles. The highest BCUT2D eigenvalue weighted by Gasteiger charge is 2.16. The highest BCUT2D eigenvalue weighted by molar-refractivity contribution is 6.32. The SMILES string of the molecule is CCCCCCCCOc1ccc(/C=C/C(=O)Oc2ccc(C(=O)Oc3ccc(Cl)c(OC(=O)c4ccc(OC(=O)/C=C/c5ccc(OCCCCCCCC)cc5)cc4)c3)cc2)cc1. The number of hydrogen-bond acceptors (Lipinski definition) is 10. The second-order valence-electron chi connectivity index (χ2n) is 15.3. The molecule has 0 spiro atoms. The lowest BCUT2D eigenvalue weighted by Gasteiger charge is -2.10. The van der Waals surface area contributed by atoms with Crippen LogP contribution in [0.15, 0.2) is 127 Å². The number of benzene rings is 5. The van der Waals surface area contributed by atoms with Gasteiger partial charge in [0.05, 0.1) is 29.4 Å². The van der Waals surface area contributed by atoms with Crippen molar-refractivity contribution in [1.82, 2.24) is 0 Å². The van der Waals surface area contributed by atoms with Gasteiger partial charge in [-0.1, -0.05) is 114 Å². The molecular weight excluding hydrogens is 844 g/mol. The van der Waals surface area contributed by atoms with Gasteiger partial charge in [0.25, 0.3) is 0 Å². The van der Waals surface area contributed by atoms with Crippen LogP contribution in [0.1, 0.15) is 123 Å². The minimum atomic E-state index is -0.742. The Morgan fingerprint density at radius 3 is 1.26 bits per heavy atom. The molecule has 0 saturated carbocycles. The van der Waals surface area contributed by atoms with Crippen LogP contribution in [0.25, 0.3) is 12.2 Å². The zero-order valence-corrected chi connectivity index (χ0v) is 37.9. The van der Waals surface area contributed by atoms with Gasteiger partial charge in [0.1, 0.15) is 28.7 Å². The number of carbonyl (C=O) groups excluding carboxylic acids is 4. The summed E-state index contributed by atoms with van der Waals surface area (Å²) >= 11 is 6.31. The molecule has 0 saturated heterocycles. The molecule has 0 fully saturated rings. The molecular formula is C54H57ClO10. The number of unbranched alkanes of at least 4 members (excludes halogenated alkanes) is 10. The normalized spacial score (nSPS) is 11.1. The third-order valence-corrected chi connectivity index (χ3v) is 10.4. The maximum absolute atomic E-state index is 13.0. The molecule has 0 bridgehead atoms. The quantitative estimate of drug-likeness (QED) is 0.0229. The average molecular weight is 901 g/mol. The van der Waals surface area contributed by atoms with E-state index in [4.69, 9.17) is 40.0 Å². The van der Waals surface area contributed by atoms with Crippen molar-refractivity contribution in [2.75, 3.05) is 13.2 Å². The summed E-state index contributed by atoms with van der Waals surface area (Å²) in [4.78, 5) is 50.9. The van der Waals surface area contributed by atoms with Gasteiger partial charge in [-0.25, -0.2) is 19.2 Å². The molecule has 65 heavy (non-hydrogen) atoms. The van der Waals surface area contributed by atoms with Gasteiger partial charge in [-0.15, -0.1) is 0 Å². The first-order valence-electron chi connectivity index (χ1n) is 22.4. The lowest BCUT2D eigenvalue weighted by atomic mass is 10.1. The van der Waals surface area contributed by atoms with Crippen LogP contribution in [0.2, 0.25) is 5.02 Å². The molecule has 0 atom stereocenters. The van der Waals surface area contributed by atoms with Crippen LogP contribution in [0.4, 0.5) is 0 Å². The number of ether oxygens (including phenoxy) is 6. The summed E-state index contributed by atoms with van der Waals surface area (Å²) in [5, 5.41) is 0.107. The predicted molar refractivity (Wildman–Crippen MR) is 254 cm³/mol. The van der Waals surface area contributed by atoms with Crippen molar-refractivity contribution < 1.29 is 47.6 Å². The van der Waals surface area contributed by atoms with Gasteiger partial charge in [0.15, 0.2) is 5.75 Å². The second kappa shape index (κ2) is 27.5. The van der Waals surface area contributed by atoms with E-state index in [-0.39, 0.29) is 39.1 Å². The maximum atomic E-state index is 13.0. The van der Waals surface area contributed by atoms with Gasteiger partial charge in [-0.3, -0.25) is 0 Å². The maximum Gasteiger partial charge on any atom is 0.343 e. The van der Waals surface area contributed by atoms with E-state index >= 15 is 0 Å². The molecule has 0 aliphatic carbocycles. The van der Waals surface area contributed by atoms with Gasteiger partial charge in [-0.2, -0.15) is 0 Å². The fraction of sp³-hybridized carbons (Fsp3) is 0.296. The molecule has 11 heteroatoms. The molecule has 5 rings (SSSR count). The predicted octanol–water partition coefficient (Wildman–Crippen LogP) is 13.5. The number of carbonyl (C=O) groups is 4. The topological polar surface area (TPSA) is 124 Å². The van der Waals surface area contributed by atoms with Crippen LogP contribution < -0.4 is 28.4 Å². The fourth-order valence-electron chi connectivity index (χ4n) is 6.39. The summed E-state index contributed by atoms with van der Waals surface area (Å²) in [6.07, 6.45) is 20.3. The Kier molecular flexibility index (Phi) is 20.9. The summed E-state index contributed by atoms with van der Waals surface area (Å²) < 4.78 is 33.4. The molecule has 340 valence electrons. The highest BCUT2D eigenvalue weighted by atomic mass is 35.5. The zero-order valence-electron chi connectivity index (χ0n) is 37.1. The van der Waals surface area contributed by atoms with Crippen molar-refractivity contribution >= 4 is 47.6 Å². The lowest BCUT2D eigenvalue weighted by Crippen LogP contribution is -2.11. The van der Waals surface area contributed by atoms with Gasteiger partial charge in [-0.05, 0) is 121 Å². The third-order valence-electron chi connectivity index (χ3n) is 10.0. The summed E-state index contributed by atoms with van der Waals surface area (Å²) in [6.45, 7) is 5.77. The van der Waals surface area contributed by atoms with Crippen LogP contribution >= 0.6 is 11.6 Å². The molecule has 0 heterocycles. The van der Waals surface area contributed by atoms with Gasteiger partial charge in [0, 0.05) is 18.2 Å². The minimum Gasteiger partial charge on any atom is -0.494 e. The van der Waals surface area contributed by atoms with Gasteiger partial charge >= 0.3 is 23.9 Å². The van der Waals surface area contributed by atoms with E-state index in [0.717, 1.165) is 48.3 Å². The zero-order chi connectivity index (χ0) is 46.1. The summed E-state index contributed by atoms with van der Waals surface area (Å²) in [5.41, 5.74) is 1.96. The van der Waals surface area contributed by atoms with Crippen molar-refractivity contribution in [3.05, 3.63) is 155 Å². The number of halogens is 1. The molecule has 5 aromatic rings. The third kappa shape index (κ3) is 18.2. The number of esters is 4. The molecule has 0 aliphatic rings. The molecule has 0 amide bonds. The van der Waals surface area contributed by atoms with Gasteiger partial charge in [0.2, 0.25) is 0 Å². The second-order valence-corrected chi connectivity index (χ2v) is 15.7. The van der Waals surface area contributed by atoms with E-state index in [0.29, 0.717) is 13.2 Å². The standard InChI is InChI=1S/C54H57ClO10/c1-3-5-7-9-11-13-37-60-44-25-15-40(16-26-44)19-35-51(56)62-46-29-21-42(22-30-46)53(58)64-48-33-34-49(55)50(39-48)65-54(59)43-23-31-47(32-24-43)63-52(57)36-20-41-17-27-45(28-18-41)61-38-14-12-10-8-6-4-2/h15-36,39H,3-14,37-38H2,1-2H3/b35-19+,36-20+. The first-order valence-corrected chi connectivity index (χ1v) is 22.8. The van der Waals surface area contributed by atoms with Crippen molar-refractivity contribution in [3.63, 3.8) is 0 Å². The Labute approximate surface area is 387 Å². The van der Waals surface area contributed by atoms with Gasteiger partial charge < -0.3 is 28.4 Å². The monoisotopic (exact) mass is 900 g/mol. The number of hydrogen-bond donors (Lipinski definition) is 0. The molecule has 5 aromatic carbocycles. The van der Waals surface area contributed by atoms with E-state index in [2.05, 4.69) is 13.8 Å². The summed E-state index contributed by atoms with van der Waals surface area (Å²) in [7, 11) is 0. The van der Waals surface area contributed by atoms with E-state index < -0.39 is 23.9 Å². The Morgan fingerprint density at radius 2 is 0.815 bits per heavy atom. The Bertz CT molecular complexity index is 2320. The van der Waals surface area contributed by atoms with Crippen LogP contribution in [-0.4, -0.2) is 37.1 Å². The first kappa shape index (κ1) is 49.4. The fourth-order valence-corrected chi connectivity index (χ4v) is 6.55. The van der Waals surface area contributed by atoms with E-state index in [1.54, 1.807) is 12.2 Å². The van der Waals surface area contributed by atoms with E-state index in [9.17, 15) is 19.2 Å². The smallest absolute Gasteiger partial charge is 0.343 e. The van der Waals surface area contributed by atoms with Crippen molar-refractivity contribution in [3.8, 4) is 34.5 Å². The molecule has 0 N–H and O–H groups in total. The van der Waals surface area contributed by atoms with E-state index in [1.165, 1.54) is 130 Å². The molecule has 0 aromatic heterocycles. The minimum absolute atomic E-state index is 0.0388. The average Bonchev–Trinajstić information content (AvgIpc) is 3.32. The lowest BCUT2D eigenvalue weighted by molar-refractivity contribution is -0.129.